The predicted octanol–water partition coefficient (Wildman–Crippen LogP) is 3.76. The van der Waals surface area contributed by atoms with Crippen LogP contribution < -0.4 is 0 Å². The second kappa shape index (κ2) is 4.92. The van der Waals surface area contributed by atoms with E-state index in [4.69, 9.17) is 0 Å². The molecule has 1 rings (SSSR count). The summed E-state index contributed by atoms with van der Waals surface area (Å²) in [6.07, 6.45) is 4.47. The quantitative estimate of drug-likeness (QED) is 0.538. The Morgan fingerprint density at radius 2 is 1.73 bits per heavy atom. The Morgan fingerprint density at radius 1 is 1.20 bits per heavy atom. The van der Waals surface area contributed by atoms with Crippen molar-refractivity contribution in [3.8, 4) is 0 Å². The zero-order chi connectivity index (χ0) is 11.4. The van der Waals surface area contributed by atoms with Gasteiger partial charge in [0.25, 0.3) is 0 Å². The van der Waals surface area contributed by atoms with Gasteiger partial charge in [0.05, 0.1) is 0 Å². The van der Waals surface area contributed by atoms with Crippen molar-refractivity contribution in [1.29, 1.82) is 0 Å². The Labute approximate surface area is 91.8 Å². The fourth-order valence-electron chi connectivity index (χ4n) is 1.88. The van der Waals surface area contributed by atoms with Gasteiger partial charge in [-0.2, -0.15) is 0 Å². The summed E-state index contributed by atoms with van der Waals surface area (Å²) in [5.74, 6) is 0.117. The topological polar surface area (TPSA) is 17.1 Å². The van der Waals surface area contributed by atoms with Gasteiger partial charge >= 0.3 is 0 Å². The molecule has 0 atom stereocenters. The smallest absolute Gasteiger partial charge is 0.186 e. The summed E-state index contributed by atoms with van der Waals surface area (Å²) in [4.78, 5) is 11.9. The minimum Gasteiger partial charge on any atom is -0.289 e. The van der Waals surface area contributed by atoms with Crippen LogP contribution in [0.5, 0.6) is 0 Å². The summed E-state index contributed by atoms with van der Waals surface area (Å²) >= 11 is 0. The second-order valence-electron chi connectivity index (χ2n) is 3.95. The number of benzene rings is 1. The third-order valence-electron chi connectivity index (χ3n) is 2.43. The molecular weight excluding hydrogens is 184 g/mol. The van der Waals surface area contributed by atoms with Crippen LogP contribution >= 0.6 is 0 Å². The molecule has 0 heterocycles. The van der Waals surface area contributed by atoms with Gasteiger partial charge in [-0.15, -0.1) is 0 Å². The van der Waals surface area contributed by atoms with E-state index in [0.29, 0.717) is 0 Å². The highest BCUT2D eigenvalue weighted by molar-refractivity contribution is 6.06. The lowest BCUT2D eigenvalue weighted by molar-refractivity contribution is 0.104. The van der Waals surface area contributed by atoms with Gasteiger partial charge in [-0.3, -0.25) is 4.79 Å². The molecule has 15 heavy (non-hydrogen) atoms. The van der Waals surface area contributed by atoms with E-state index in [1.807, 2.05) is 26.8 Å². The van der Waals surface area contributed by atoms with E-state index in [-0.39, 0.29) is 5.78 Å². The Morgan fingerprint density at radius 3 is 2.20 bits per heavy atom. The molecule has 1 heteroatoms. The summed E-state index contributed by atoms with van der Waals surface area (Å²) in [5, 5.41) is 0. The number of ketones is 1. The molecule has 1 nitrogen and oxygen atoms in total. The van der Waals surface area contributed by atoms with E-state index >= 15 is 0 Å². The van der Waals surface area contributed by atoms with Crippen LogP contribution in [0, 0.1) is 20.8 Å². The van der Waals surface area contributed by atoms with Gasteiger partial charge in [-0.05, 0) is 44.4 Å². The van der Waals surface area contributed by atoms with E-state index in [1.165, 1.54) is 5.56 Å². The van der Waals surface area contributed by atoms with Crippen molar-refractivity contribution in [3.05, 3.63) is 46.5 Å². The molecule has 0 aliphatic carbocycles. The van der Waals surface area contributed by atoms with Crippen molar-refractivity contribution >= 4 is 5.78 Å². The van der Waals surface area contributed by atoms with Crippen LogP contribution in [-0.2, 0) is 0 Å². The molecule has 0 saturated heterocycles. The summed E-state index contributed by atoms with van der Waals surface area (Å²) in [6.45, 7) is 8.06. The van der Waals surface area contributed by atoms with E-state index < -0.39 is 0 Å². The lowest BCUT2D eigenvalue weighted by Crippen LogP contribution is -2.02. The van der Waals surface area contributed by atoms with Gasteiger partial charge in [-0.1, -0.05) is 30.7 Å². The molecule has 0 N–H and O–H groups in total. The summed E-state index contributed by atoms with van der Waals surface area (Å²) in [6, 6.07) is 4.11. The SMILES string of the molecule is CC/C=C/C(=O)c1c(C)cc(C)cc1C. The second-order valence-corrected chi connectivity index (χ2v) is 3.95. The van der Waals surface area contributed by atoms with Gasteiger partial charge < -0.3 is 0 Å². The molecule has 0 bridgehead atoms. The minimum atomic E-state index is 0.117. The maximum absolute atomic E-state index is 11.9. The fraction of sp³-hybridized carbons (Fsp3) is 0.357. The molecular formula is C14H18O. The third-order valence-corrected chi connectivity index (χ3v) is 2.43. The number of aryl methyl sites for hydroxylation is 3. The van der Waals surface area contributed by atoms with E-state index in [9.17, 15) is 4.79 Å². The zero-order valence-corrected chi connectivity index (χ0v) is 9.92. The van der Waals surface area contributed by atoms with Gasteiger partial charge in [0.2, 0.25) is 0 Å². The first-order valence-corrected chi connectivity index (χ1v) is 5.35. The minimum absolute atomic E-state index is 0.117. The van der Waals surface area contributed by atoms with Crippen LogP contribution in [0.1, 0.15) is 40.4 Å². The molecule has 0 aliphatic heterocycles. The summed E-state index contributed by atoms with van der Waals surface area (Å²) < 4.78 is 0. The standard InChI is InChI=1S/C14H18O/c1-5-6-7-13(15)14-11(3)8-10(2)9-12(14)4/h6-9H,5H2,1-4H3/b7-6+. The van der Waals surface area contributed by atoms with Crippen LogP contribution in [0.15, 0.2) is 24.3 Å². The fourth-order valence-corrected chi connectivity index (χ4v) is 1.88. The highest BCUT2D eigenvalue weighted by Crippen LogP contribution is 2.17. The summed E-state index contributed by atoms with van der Waals surface area (Å²) in [5.41, 5.74) is 4.20. The monoisotopic (exact) mass is 202 g/mol. The van der Waals surface area contributed by atoms with Crippen LogP contribution in [0.2, 0.25) is 0 Å². The Hall–Kier alpha value is -1.37. The van der Waals surface area contributed by atoms with Crippen LogP contribution in [-0.4, -0.2) is 5.78 Å². The lowest BCUT2D eigenvalue weighted by Gasteiger charge is -2.07. The Bertz CT molecular complexity index is 377. The largest absolute Gasteiger partial charge is 0.289 e. The first-order valence-electron chi connectivity index (χ1n) is 5.35. The van der Waals surface area contributed by atoms with Crippen LogP contribution in [0.25, 0.3) is 0 Å². The number of carbonyl (C=O) groups is 1. The third kappa shape index (κ3) is 2.79. The van der Waals surface area contributed by atoms with Gasteiger partial charge in [0.15, 0.2) is 5.78 Å². The molecule has 0 radical (unpaired) electrons. The first-order chi connectivity index (χ1) is 7.06. The molecule has 0 aliphatic rings. The van der Waals surface area contributed by atoms with Crippen molar-refractivity contribution < 1.29 is 4.79 Å². The molecule has 0 saturated carbocycles. The molecule has 80 valence electrons. The molecule has 0 amide bonds. The number of hydrogen-bond donors (Lipinski definition) is 0. The van der Waals surface area contributed by atoms with Gasteiger partial charge in [0, 0.05) is 5.56 Å². The Balaban J connectivity index is 3.14. The number of hydrogen-bond acceptors (Lipinski definition) is 1. The van der Waals surface area contributed by atoms with Crippen molar-refractivity contribution in [1.82, 2.24) is 0 Å². The maximum Gasteiger partial charge on any atom is 0.186 e. The first kappa shape index (κ1) is 11.7. The van der Waals surface area contributed by atoms with Crippen molar-refractivity contribution in [2.45, 2.75) is 34.1 Å². The molecule has 0 aromatic heterocycles. The predicted molar refractivity (Wildman–Crippen MR) is 64.4 cm³/mol. The Kier molecular flexibility index (Phi) is 3.84. The van der Waals surface area contributed by atoms with E-state index in [1.54, 1.807) is 6.08 Å². The average molecular weight is 202 g/mol. The maximum atomic E-state index is 11.9. The lowest BCUT2D eigenvalue weighted by atomic mass is 9.96. The van der Waals surface area contributed by atoms with Crippen LogP contribution in [0.4, 0.5) is 0 Å². The number of allylic oxidation sites excluding steroid dienone is 2. The normalized spacial score (nSPS) is 10.9. The molecule has 0 unspecified atom stereocenters. The number of rotatable bonds is 3. The van der Waals surface area contributed by atoms with Gasteiger partial charge in [-0.25, -0.2) is 0 Å². The van der Waals surface area contributed by atoms with E-state index in [0.717, 1.165) is 23.1 Å². The summed E-state index contributed by atoms with van der Waals surface area (Å²) in [7, 11) is 0. The molecule has 1 aromatic carbocycles. The molecule has 0 fully saturated rings. The average Bonchev–Trinajstić information content (AvgIpc) is 2.12. The zero-order valence-electron chi connectivity index (χ0n) is 9.92. The van der Waals surface area contributed by atoms with Crippen LogP contribution in [0.3, 0.4) is 0 Å². The van der Waals surface area contributed by atoms with Crippen molar-refractivity contribution in [2.24, 2.45) is 0 Å². The van der Waals surface area contributed by atoms with Gasteiger partial charge in [0.1, 0.15) is 0 Å². The molecule has 1 aromatic rings. The highest BCUT2D eigenvalue weighted by atomic mass is 16.1. The van der Waals surface area contributed by atoms with Crippen molar-refractivity contribution in [3.63, 3.8) is 0 Å². The molecule has 0 spiro atoms. The van der Waals surface area contributed by atoms with Crippen molar-refractivity contribution in [2.75, 3.05) is 0 Å². The highest BCUT2D eigenvalue weighted by Gasteiger charge is 2.09. The van der Waals surface area contributed by atoms with E-state index in [2.05, 4.69) is 19.1 Å². The number of carbonyl (C=O) groups excluding carboxylic acids is 1.